The Morgan fingerprint density at radius 1 is 1.11 bits per heavy atom. The van der Waals surface area contributed by atoms with Gasteiger partial charge in [-0.15, -0.1) is 5.10 Å². The molecule has 7 heteroatoms. The predicted octanol–water partition coefficient (Wildman–Crippen LogP) is 2.75. The number of amides is 1. The molecule has 1 aliphatic heterocycles. The molecule has 27 heavy (non-hydrogen) atoms. The van der Waals surface area contributed by atoms with Crippen LogP contribution in [0.1, 0.15) is 30.1 Å². The quantitative estimate of drug-likeness (QED) is 0.713. The van der Waals surface area contributed by atoms with Gasteiger partial charge in [0.2, 0.25) is 5.91 Å². The van der Waals surface area contributed by atoms with Crippen LogP contribution in [0.25, 0.3) is 5.69 Å². The SMILES string of the molecule is O=C(Cc1ccccc1F)N1CCCC(c2nnnn2-c2ccccc2)C1. The molecule has 6 nitrogen and oxygen atoms in total. The summed E-state index contributed by atoms with van der Waals surface area (Å²) in [6, 6.07) is 16.1. The molecule has 1 aliphatic rings. The van der Waals surface area contributed by atoms with Crippen molar-refractivity contribution in [2.75, 3.05) is 13.1 Å². The number of halogens is 1. The molecule has 1 amide bonds. The van der Waals surface area contributed by atoms with E-state index in [2.05, 4.69) is 15.5 Å². The highest BCUT2D eigenvalue weighted by Gasteiger charge is 2.29. The van der Waals surface area contributed by atoms with Crippen LogP contribution in [-0.2, 0) is 11.2 Å². The van der Waals surface area contributed by atoms with Crippen LogP contribution in [0.4, 0.5) is 4.39 Å². The van der Waals surface area contributed by atoms with Gasteiger partial charge < -0.3 is 4.90 Å². The molecule has 1 fully saturated rings. The van der Waals surface area contributed by atoms with Crippen LogP contribution in [0.5, 0.6) is 0 Å². The van der Waals surface area contributed by atoms with E-state index in [1.807, 2.05) is 30.3 Å². The van der Waals surface area contributed by atoms with Crippen molar-refractivity contribution in [2.45, 2.75) is 25.2 Å². The molecule has 0 N–H and O–H groups in total. The zero-order valence-electron chi connectivity index (χ0n) is 14.8. The fourth-order valence-corrected chi connectivity index (χ4v) is 3.53. The Bertz CT molecular complexity index is 927. The zero-order valence-corrected chi connectivity index (χ0v) is 14.8. The number of hydrogen-bond acceptors (Lipinski definition) is 4. The molecule has 1 atom stereocenters. The van der Waals surface area contributed by atoms with E-state index in [0.29, 0.717) is 18.7 Å². The summed E-state index contributed by atoms with van der Waals surface area (Å²) in [4.78, 5) is 14.5. The van der Waals surface area contributed by atoms with Crippen LogP contribution >= 0.6 is 0 Å². The number of hydrogen-bond donors (Lipinski definition) is 0. The maximum atomic E-state index is 13.9. The first-order valence-corrected chi connectivity index (χ1v) is 9.07. The summed E-state index contributed by atoms with van der Waals surface area (Å²) in [5.74, 6) is 0.402. The number of benzene rings is 2. The first kappa shape index (κ1) is 17.3. The van der Waals surface area contributed by atoms with E-state index in [1.54, 1.807) is 27.8 Å². The average molecular weight is 365 g/mol. The number of carbonyl (C=O) groups is 1. The molecule has 0 aliphatic carbocycles. The van der Waals surface area contributed by atoms with Gasteiger partial charge in [-0.1, -0.05) is 36.4 Å². The second-order valence-electron chi connectivity index (χ2n) is 6.73. The Morgan fingerprint density at radius 2 is 1.89 bits per heavy atom. The van der Waals surface area contributed by atoms with Crippen LogP contribution in [0, 0.1) is 5.82 Å². The number of aromatic nitrogens is 4. The fraction of sp³-hybridized carbons (Fsp3) is 0.300. The van der Waals surface area contributed by atoms with Crippen molar-refractivity contribution in [3.8, 4) is 5.69 Å². The van der Waals surface area contributed by atoms with Crippen LogP contribution in [0.3, 0.4) is 0 Å². The summed E-state index contributed by atoms with van der Waals surface area (Å²) in [5.41, 5.74) is 1.33. The van der Waals surface area contributed by atoms with Gasteiger partial charge in [0.1, 0.15) is 5.82 Å². The van der Waals surface area contributed by atoms with E-state index in [4.69, 9.17) is 0 Å². The van der Waals surface area contributed by atoms with Crippen molar-refractivity contribution < 1.29 is 9.18 Å². The number of piperidine rings is 1. The molecule has 0 spiro atoms. The van der Waals surface area contributed by atoms with Crippen LogP contribution in [-0.4, -0.2) is 44.1 Å². The second kappa shape index (κ2) is 7.65. The lowest BCUT2D eigenvalue weighted by molar-refractivity contribution is -0.131. The van der Waals surface area contributed by atoms with Gasteiger partial charge in [-0.05, 0) is 47.0 Å². The Labute approximate surface area is 156 Å². The first-order valence-electron chi connectivity index (χ1n) is 9.07. The summed E-state index contributed by atoms with van der Waals surface area (Å²) in [5, 5.41) is 12.2. The Balaban J connectivity index is 1.50. The molecular weight excluding hydrogens is 345 g/mol. The summed E-state index contributed by atoms with van der Waals surface area (Å²) in [7, 11) is 0. The minimum absolute atomic E-state index is 0.0542. The number of carbonyl (C=O) groups excluding carboxylic acids is 1. The maximum absolute atomic E-state index is 13.9. The number of tetrazole rings is 1. The highest BCUT2D eigenvalue weighted by atomic mass is 19.1. The van der Waals surface area contributed by atoms with Crippen LogP contribution in [0.2, 0.25) is 0 Å². The zero-order chi connectivity index (χ0) is 18.6. The molecule has 138 valence electrons. The van der Waals surface area contributed by atoms with E-state index in [-0.39, 0.29) is 24.1 Å². The standard InChI is InChI=1S/C20H20FN5O/c21-18-11-5-4-7-15(18)13-19(27)25-12-6-8-16(14-25)20-22-23-24-26(20)17-9-2-1-3-10-17/h1-5,7,9-11,16H,6,8,12-14H2. The normalized spacial score (nSPS) is 17.1. The third kappa shape index (κ3) is 3.72. The average Bonchev–Trinajstić information content (AvgIpc) is 3.20. The van der Waals surface area contributed by atoms with Crippen molar-refractivity contribution in [1.29, 1.82) is 0 Å². The molecule has 0 bridgehead atoms. The van der Waals surface area contributed by atoms with Crippen molar-refractivity contribution in [2.24, 2.45) is 0 Å². The van der Waals surface area contributed by atoms with Crippen molar-refractivity contribution in [1.82, 2.24) is 25.1 Å². The van der Waals surface area contributed by atoms with Gasteiger partial charge >= 0.3 is 0 Å². The Hall–Kier alpha value is -3.09. The smallest absolute Gasteiger partial charge is 0.227 e. The highest BCUT2D eigenvalue weighted by molar-refractivity contribution is 5.79. The fourth-order valence-electron chi connectivity index (χ4n) is 3.53. The monoisotopic (exact) mass is 365 g/mol. The van der Waals surface area contributed by atoms with Gasteiger partial charge in [0, 0.05) is 19.0 Å². The van der Waals surface area contributed by atoms with E-state index >= 15 is 0 Å². The Morgan fingerprint density at radius 3 is 2.70 bits per heavy atom. The number of para-hydroxylation sites is 1. The first-order chi connectivity index (χ1) is 13.2. The summed E-state index contributed by atoms with van der Waals surface area (Å²) in [6.45, 7) is 1.22. The van der Waals surface area contributed by atoms with Gasteiger partial charge in [0.15, 0.2) is 5.82 Å². The van der Waals surface area contributed by atoms with Crippen molar-refractivity contribution >= 4 is 5.91 Å². The molecular formula is C20H20FN5O. The van der Waals surface area contributed by atoms with E-state index < -0.39 is 0 Å². The second-order valence-corrected chi connectivity index (χ2v) is 6.73. The lowest BCUT2D eigenvalue weighted by Gasteiger charge is -2.32. The van der Waals surface area contributed by atoms with E-state index in [9.17, 15) is 9.18 Å². The minimum atomic E-state index is -0.340. The molecule has 1 aromatic heterocycles. The van der Waals surface area contributed by atoms with Crippen LogP contribution < -0.4 is 0 Å². The molecule has 0 radical (unpaired) electrons. The van der Waals surface area contributed by atoms with Crippen LogP contribution in [0.15, 0.2) is 54.6 Å². The van der Waals surface area contributed by atoms with E-state index in [0.717, 1.165) is 24.4 Å². The topological polar surface area (TPSA) is 63.9 Å². The molecule has 4 rings (SSSR count). The summed E-state index contributed by atoms with van der Waals surface area (Å²) >= 11 is 0. The lowest BCUT2D eigenvalue weighted by atomic mass is 9.96. The van der Waals surface area contributed by atoms with Gasteiger partial charge in [-0.25, -0.2) is 4.39 Å². The summed E-state index contributed by atoms with van der Waals surface area (Å²) < 4.78 is 15.6. The maximum Gasteiger partial charge on any atom is 0.227 e. The lowest BCUT2D eigenvalue weighted by Crippen LogP contribution is -2.40. The van der Waals surface area contributed by atoms with Gasteiger partial charge in [0.25, 0.3) is 0 Å². The third-order valence-corrected chi connectivity index (χ3v) is 4.93. The summed E-state index contributed by atoms with van der Waals surface area (Å²) in [6.07, 6.45) is 1.86. The molecule has 2 heterocycles. The molecule has 1 saturated heterocycles. The molecule has 1 unspecified atom stereocenters. The Kier molecular flexibility index (Phi) is 4.91. The van der Waals surface area contributed by atoms with Gasteiger partial charge in [0.05, 0.1) is 12.1 Å². The van der Waals surface area contributed by atoms with Gasteiger partial charge in [-0.3, -0.25) is 4.79 Å². The van der Waals surface area contributed by atoms with E-state index in [1.165, 1.54) is 6.07 Å². The number of nitrogens with zero attached hydrogens (tertiary/aromatic N) is 5. The third-order valence-electron chi connectivity index (χ3n) is 4.93. The highest BCUT2D eigenvalue weighted by Crippen LogP contribution is 2.27. The largest absolute Gasteiger partial charge is 0.342 e. The molecule has 0 saturated carbocycles. The van der Waals surface area contributed by atoms with Crippen molar-refractivity contribution in [3.05, 3.63) is 71.8 Å². The molecule has 3 aromatic rings. The predicted molar refractivity (Wildman–Crippen MR) is 97.8 cm³/mol. The molecule has 2 aromatic carbocycles. The number of rotatable bonds is 4. The number of likely N-dealkylation sites (tertiary alicyclic amines) is 1. The van der Waals surface area contributed by atoms with Crippen molar-refractivity contribution in [3.63, 3.8) is 0 Å². The minimum Gasteiger partial charge on any atom is -0.342 e. The van der Waals surface area contributed by atoms with Gasteiger partial charge in [-0.2, -0.15) is 4.68 Å².